The van der Waals surface area contributed by atoms with Crippen LogP contribution in [0, 0.1) is 5.82 Å². The van der Waals surface area contributed by atoms with Gasteiger partial charge in [0.05, 0.1) is 11.9 Å². The third-order valence-corrected chi connectivity index (χ3v) is 4.26. The number of benzene rings is 1. The maximum atomic E-state index is 12.9. The van der Waals surface area contributed by atoms with E-state index in [0.717, 1.165) is 6.20 Å². The number of ketones is 1. The molecular formula is C20H20FN3O4. The van der Waals surface area contributed by atoms with Gasteiger partial charge in [-0.15, -0.1) is 0 Å². The summed E-state index contributed by atoms with van der Waals surface area (Å²) in [5.41, 5.74) is 0.824. The first-order valence-corrected chi connectivity index (χ1v) is 8.95. The molecule has 0 spiro atoms. The second kappa shape index (κ2) is 8.16. The summed E-state index contributed by atoms with van der Waals surface area (Å²) in [4.78, 5) is 42.3. The second-order valence-electron chi connectivity index (χ2n) is 6.45. The lowest BCUT2D eigenvalue weighted by molar-refractivity contribution is -0.127. The minimum absolute atomic E-state index is 0.0451. The van der Waals surface area contributed by atoms with Crippen molar-refractivity contribution in [1.29, 1.82) is 0 Å². The number of carbonyl (C=O) groups excluding carboxylic acids is 3. The molecule has 1 aromatic carbocycles. The van der Waals surface area contributed by atoms with E-state index in [9.17, 15) is 18.8 Å². The van der Waals surface area contributed by atoms with Crippen LogP contribution in [0.2, 0.25) is 0 Å². The van der Waals surface area contributed by atoms with E-state index >= 15 is 0 Å². The number of hydrogen-bond acceptors (Lipinski definition) is 5. The van der Waals surface area contributed by atoms with Crippen LogP contribution in [-0.4, -0.2) is 35.2 Å². The van der Waals surface area contributed by atoms with Crippen molar-refractivity contribution in [3.63, 3.8) is 0 Å². The number of anilines is 2. The highest BCUT2D eigenvalue weighted by Crippen LogP contribution is 2.35. The largest absolute Gasteiger partial charge is 0.479 e. The Hall–Kier alpha value is -3.29. The van der Waals surface area contributed by atoms with E-state index in [4.69, 9.17) is 4.74 Å². The lowest BCUT2D eigenvalue weighted by atomic mass is 10.0. The van der Waals surface area contributed by atoms with Gasteiger partial charge in [-0.2, -0.15) is 0 Å². The molecule has 0 bridgehead atoms. The van der Waals surface area contributed by atoms with Crippen molar-refractivity contribution >= 4 is 29.1 Å². The fourth-order valence-electron chi connectivity index (χ4n) is 2.89. The van der Waals surface area contributed by atoms with Gasteiger partial charge in [0.2, 0.25) is 5.91 Å². The monoisotopic (exact) mass is 385 g/mol. The summed E-state index contributed by atoms with van der Waals surface area (Å²) in [7, 11) is 0. The zero-order chi connectivity index (χ0) is 20.3. The average Bonchev–Trinajstić information content (AvgIpc) is 2.67. The number of carbonyl (C=O) groups is 3. The minimum atomic E-state index is -0.763. The van der Waals surface area contributed by atoms with E-state index in [0.29, 0.717) is 29.8 Å². The van der Waals surface area contributed by atoms with E-state index in [2.05, 4.69) is 10.3 Å². The fraction of sp³-hybridized carbons (Fsp3) is 0.300. The molecule has 1 aromatic heterocycles. The Kier molecular flexibility index (Phi) is 5.67. The first-order valence-electron chi connectivity index (χ1n) is 8.95. The molecule has 1 unspecified atom stereocenters. The molecule has 0 aliphatic carbocycles. The van der Waals surface area contributed by atoms with Crippen molar-refractivity contribution in [3.8, 4) is 5.75 Å². The minimum Gasteiger partial charge on any atom is -0.479 e. The number of fused-ring (bicyclic) bond motifs is 1. The summed E-state index contributed by atoms with van der Waals surface area (Å²) in [6.45, 7) is 3.21. The first-order chi connectivity index (χ1) is 13.4. The van der Waals surface area contributed by atoms with Crippen LogP contribution < -0.4 is 15.0 Å². The zero-order valence-corrected chi connectivity index (χ0v) is 15.6. The van der Waals surface area contributed by atoms with Gasteiger partial charge in [-0.3, -0.25) is 19.3 Å². The number of pyridine rings is 1. The van der Waals surface area contributed by atoms with Gasteiger partial charge in [-0.25, -0.2) is 9.37 Å². The maximum absolute atomic E-state index is 12.9. The average molecular weight is 385 g/mol. The summed E-state index contributed by atoms with van der Waals surface area (Å²) < 4.78 is 18.5. The standard InChI is InChI=1S/C20H20FN3O4/c1-3-4-16(25)13-5-7-17-15(9-13)24(20(27)12(2)28-17)11-19(26)23-18-8-6-14(21)10-22-18/h5-10,12H,3-4,11H2,1-2H3,(H,22,23,26). The smallest absolute Gasteiger partial charge is 0.268 e. The molecule has 0 saturated carbocycles. The van der Waals surface area contributed by atoms with E-state index < -0.39 is 23.7 Å². The van der Waals surface area contributed by atoms with Crippen LogP contribution in [0.1, 0.15) is 37.0 Å². The SMILES string of the molecule is CCCC(=O)c1ccc2c(c1)N(CC(=O)Nc1ccc(F)cn1)C(=O)C(C)O2. The van der Waals surface area contributed by atoms with Crippen molar-refractivity contribution < 1.29 is 23.5 Å². The maximum Gasteiger partial charge on any atom is 0.268 e. The number of halogens is 1. The first kappa shape index (κ1) is 19.5. The normalized spacial score (nSPS) is 15.6. The molecule has 28 heavy (non-hydrogen) atoms. The summed E-state index contributed by atoms with van der Waals surface area (Å²) >= 11 is 0. The number of nitrogens with zero attached hydrogens (tertiary/aromatic N) is 2. The quantitative estimate of drug-likeness (QED) is 0.773. The van der Waals surface area contributed by atoms with Gasteiger partial charge < -0.3 is 10.1 Å². The van der Waals surface area contributed by atoms with Crippen molar-refractivity contribution in [2.45, 2.75) is 32.8 Å². The Labute approximate surface area is 161 Å². The van der Waals surface area contributed by atoms with Crippen LogP contribution >= 0.6 is 0 Å². The highest BCUT2D eigenvalue weighted by Gasteiger charge is 2.33. The van der Waals surface area contributed by atoms with Gasteiger partial charge in [0.1, 0.15) is 23.9 Å². The fourth-order valence-corrected chi connectivity index (χ4v) is 2.89. The summed E-state index contributed by atoms with van der Waals surface area (Å²) in [6.07, 6.45) is 1.32. The number of hydrogen-bond donors (Lipinski definition) is 1. The van der Waals surface area contributed by atoms with Crippen molar-refractivity contribution in [2.75, 3.05) is 16.8 Å². The van der Waals surface area contributed by atoms with Gasteiger partial charge >= 0.3 is 0 Å². The Morgan fingerprint density at radius 3 is 2.75 bits per heavy atom. The molecule has 1 aliphatic rings. The Morgan fingerprint density at radius 2 is 2.07 bits per heavy atom. The topological polar surface area (TPSA) is 88.6 Å². The number of rotatable bonds is 6. The zero-order valence-electron chi connectivity index (χ0n) is 15.6. The Balaban J connectivity index is 1.84. The molecule has 2 heterocycles. The lowest BCUT2D eigenvalue weighted by Gasteiger charge is -2.32. The number of amides is 2. The molecule has 0 fully saturated rings. The number of ether oxygens (including phenoxy) is 1. The second-order valence-corrected chi connectivity index (χ2v) is 6.45. The molecular weight excluding hydrogens is 365 g/mol. The van der Waals surface area contributed by atoms with Crippen LogP contribution in [0.15, 0.2) is 36.5 Å². The van der Waals surface area contributed by atoms with Gasteiger partial charge in [-0.05, 0) is 43.7 Å². The molecule has 2 amide bonds. The molecule has 7 nitrogen and oxygen atoms in total. The molecule has 1 aliphatic heterocycles. The summed E-state index contributed by atoms with van der Waals surface area (Å²) in [5, 5.41) is 2.52. The molecule has 0 saturated heterocycles. The number of aromatic nitrogens is 1. The third kappa shape index (κ3) is 4.16. The summed E-state index contributed by atoms with van der Waals surface area (Å²) in [6, 6.07) is 7.35. The lowest BCUT2D eigenvalue weighted by Crippen LogP contribution is -2.47. The number of Topliss-reactive ketones (excluding diaryl/α,β-unsaturated/α-hetero) is 1. The molecule has 1 atom stereocenters. The van der Waals surface area contributed by atoms with Gasteiger partial charge in [0.25, 0.3) is 5.91 Å². The van der Waals surface area contributed by atoms with Gasteiger partial charge in [-0.1, -0.05) is 6.92 Å². The molecule has 3 rings (SSSR count). The Bertz CT molecular complexity index is 914. The van der Waals surface area contributed by atoms with Crippen molar-refractivity contribution in [2.24, 2.45) is 0 Å². The molecule has 1 N–H and O–H groups in total. The highest BCUT2D eigenvalue weighted by atomic mass is 19.1. The van der Waals surface area contributed by atoms with Crippen molar-refractivity contribution in [3.05, 3.63) is 47.9 Å². The van der Waals surface area contributed by atoms with Crippen LogP contribution in [-0.2, 0) is 9.59 Å². The molecule has 146 valence electrons. The van der Waals surface area contributed by atoms with E-state index in [1.54, 1.807) is 25.1 Å². The predicted molar refractivity (Wildman–Crippen MR) is 101 cm³/mol. The van der Waals surface area contributed by atoms with Crippen molar-refractivity contribution in [1.82, 2.24) is 4.98 Å². The van der Waals surface area contributed by atoms with Crippen LogP contribution in [0.3, 0.4) is 0 Å². The van der Waals surface area contributed by atoms with E-state index in [-0.39, 0.29) is 18.1 Å². The predicted octanol–water partition coefficient (Wildman–Crippen LogP) is 2.96. The molecule has 0 radical (unpaired) electrons. The van der Waals surface area contributed by atoms with Gasteiger partial charge in [0, 0.05) is 12.0 Å². The number of nitrogens with one attached hydrogen (secondary N) is 1. The molecule has 2 aromatic rings. The van der Waals surface area contributed by atoms with E-state index in [1.165, 1.54) is 17.0 Å². The van der Waals surface area contributed by atoms with Gasteiger partial charge in [0.15, 0.2) is 11.9 Å². The Morgan fingerprint density at radius 1 is 1.29 bits per heavy atom. The highest BCUT2D eigenvalue weighted by molar-refractivity contribution is 6.07. The van der Waals surface area contributed by atoms with E-state index in [1.807, 2.05) is 6.92 Å². The molecule has 8 heteroatoms. The van der Waals surface area contributed by atoms with Crippen LogP contribution in [0.4, 0.5) is 15.9 Å². The third-order valence-electron chi connectivity index (χ3n) is 4.26. The van der Waals surface area contributed by atoms with Crippen LogP contribution in [0.5, 0.6) is 5.75 Å². The van der Waals surface area contributed by atoms with Crippen LogP contribution in [0.25, 0.3) is 0 Å². The summed E-state index contributed by atoms with van der Waals surface area (Å²) in [5.74, 6) is -0.864.